The number of hydrazine groups is 1. The molecule has 1 aromatic heterocycles. The molecule has 2 aromatic rings. The number of halogens is 1. The molecule has 2 N–H and O–H groups in total. The first-order valence-corrected chi connectivity index (χ1v) is 9.89. The van der Waals surface area contributed by atoms with Crippen LogP contribution < -0.4 is 15.6 Å². The zero-order valence-electron chi connectivity index (χ0n) is 17.2. The fourth-order valence-corrected chi connectivity index (χ4v) is 2.91. The normalized spacial score (nSPS) is 10.9. The van der Waals surface area contributed by atoms with Gasteiger partial charge >= 0.3 is 0 Å². The summed E-state index contributed by atoms with van der Waals surface area (Å²) in [6.45, 7) is 8.29. The maximum absolute atomic E-state index is 12.0. The molecule has 0 spiro atoms. The summed E-state index contributed by atoms with van der Waals surface area (Å²) in [5.41, 5.74) is 8.03. The van der Waals surface area contributed by atoms with Crippen molar-refractivity contribution in [3.8, 4) is 5.75 Å². The lowest BCUT2D eigenvalue weighted by molar-refractivity contribution is -0.128. The van der Waals surface area contributed by atoms with Crippen LogP contribution in [0.2, 0.25) is 5.15 Å². The zero-order valence-corrected chi connectivity index (χ0v) is 18.0. The molecule has 0 aliphatic carbocycles. The molecule has 0 saturated carbocycles. The van der Waals surface area contributed by atoms with E-state index in [1.54, 1.807) is 10.8 Å². The molecule has 29 heavy (non-hydrogen) atoms. The number of aryl methyl sites for hydroxylation is 4. The van der Waals surface area contributed by atoms with Crippen molar-refractivity contribution in [2.45, 2.75) is 47.1 Å². The number of amides is 2. The van der Waals surface area contributed by atoms with Gasteiger partial charge in [-0.15, -0.1) is 0 Å². The lowest BCUT2D eigenvalue weighted by atomic mass is 10.1. The van der Waals surface area contributed by atoms with E-state index in [4.69, 9.17) is 16.3 Å². The average molecular weight is 419 g/mol. The zero-order chi connectivity index (χ0) is 21.4. The minimum Gasteiger partial charge on any atom is -0.483 e. The van der Waals surface area contributed by atoms with Crippen LogP contribution >= 0.6 is 11.6 Å². The molecule has 0 unspecified atom stereocenters. The molecule has 7 nitrogen and oxygen atoms in total. The molecule has 0 atom stereocenters. The summed E-state index contributed by atoms with van der Waals surface area (Å²) < 4.78 is 7.22. The molecule has 156 valence electrons. The second-order valence-electron chi connectivity index (χ2n) is 6.79. The van der Waals surface area contributed by atoms with Gasteiger partial charge in [-0.1, -0.05) is 37.1 Å². The predicted molar refractivity (Wildman–Crippen MR) is 114 cm³/mol. The highest BCUT2D eigenvalue weighted by Gasteiger charge is 2.11. The first-order chi connectivity index (χ1) is 13.8. The number of carbonyl (C=O) groups is 2. The van der Waals surface area contributed by atoms with E-state index in [0.29, 0.717) is 16.5 Å². The quantitative estimate of drug-likeness (QED) is 0.507. The van der Waals surface area contributed by atoms with Crippen LogP contribution in [0.4, 0.5) is 0 Å². The van der Waals surface area contributed by atoms with E-state index in [9.17, 15) is 9.59 Å². The number of unbranched alkanes of at least 4 members (excludes halogenated alkanes) is 1. The van der Waals surface area contributed by atoms with E-state index in [-0.39, 0.29) is 6.61 Å². The van der Waals surface area contributed by atoms with E-state index >= 15 is 0 Å². The number of hydrogen-bond donors (Lipinski definition) is 2. The Bertz CT molecular complexity index is 906. The summed E-state index contributed by atoms with van der Waals surface area (Å²) in [5, 5.41) is 4.87. The van der Waals surface area contributed by atoms with Crippen molar-refractivity contribution in [1.82, 2.24) is 20.6 Å². The Morgan fingerprint density at radius 1 is 1.24 bits per heavy atom. The number of nitrogens with one attached hydrogen (secondary N) is 2. The molecular formula is C21H27ClN4O3. The number of nitrogens with zero attached hydrogens (tertiary/aromatic N) is 2. The maximum Gasteiger partial charge on any atom is 0.276 e. The second-order valence-corrected chi connectivity index (χ2v) is 7.15. The third-order valence-electron chi connectivity index (χ3n) is 4.26. The average Bonchev–Trinajstić information content (AvgIpc) is 2.96. The number of carbonyl (C=O) groups excluding carboxylic acids is 2. The van der Waals surface area contributed by atoms with Crippen molar-refractivity contribution < 1.29 is 14.3 Å². The monoisotopic (exact) mass is 418 g/mol. The predicted octanol–water partition coefficient (Wildman–Crippen LogP) is 3.50. The SMILES string of the molecule is CCCCn1nc(C)c(/C=C/C(=O)NNC(=O)COc2cc(C)ccc2C)c1Cl. The number of ether oxygens (including phenoxy) is 1. The van der Waals surface area contributed by atoms with Gasteiger partial charge in [0.05, 0.1) is 5.69 Å². The van der Waals surface area contributed by atoms with Crippen molar-refractivity contribution in [2.24, 2.45) is 0 Å². The van der Waals surface area contributed by atoms with Gasteiger partial charge in [0.15, 0.2) is 6.61 Å². The largest absolute Gasteiger partial charge is 0.483 e. The van der Waals surface area contributed by atoms with Gasteiger partial charge in [0.2, 0.25) is 0 Å². The third kappa shape index (κ3) is 6.64. The molecule has 1 aromatic carbocycles. The van der Waals surface area contributed by atoms with Crippen LogP contribution in [0.15, 0.2) is 24.3 Å². The van der Waals surface area contributed by atoms with E-state index in [0.717, 1.165) is 36.2 Å². The summed E-state index contributed by atoms with van der Waals surface area (Å²) >= 11 is 6.33. The molecule has 0 aliphatic rings. The minimum atomic E-state index is -0.484. The van der Waals surface area contributed by atoms with Crippen molar-refractivity contribution in [2.75, 3.05) is 6.61 Å². The van der Waals surface area contributed by atoms with Gasteiger partial charge in [0.1, 0.15) is 10.9 Å². The fraction of sp³-hybridized carbons (Fsp3) is 0.381. The topological polar surface area (TPSA) is 85.3 Å². The van der Waals surface area contributed by atoms with Crippen LogP contribution in [0, 0.1) is 20.8 Å². The summed E-state index contributed by atoms with van der Waals surface area (Å²) in [7, 11) is 0. The Balaban J connectivity index is 1.84. The Hall–Kier alpha value is -2.80. The lowest BCUT2D eigenvalue weighted by Crippen LogP contribution is -2.43. The maximum atomic E-state index is 12.0. The van der Waals surface area contributed by atoms with Crippen LogP contribution in [0.1, 0.15) is 42.1 Å². The summed E-state index contributed by atoms with van der Waals surface area (Å²) in [4.78, 5) is 23.9. The molecule has 2 amide bonds. The minimum absolute atomic E-state index is 0.205. The highest BCUT2D eigenvalue weighted by Crippen LogP contribution is 2.22. The Labute approximate surface area is 176 Å². The van der Waals surface area contributed by atoms with Crippen molar-refractivity contribution in [1.29, 1.82) is 0 Å². The third-order valence-corrected chi connectivity index (χ3v) is 4.66. The molecular weight excluding hydrogens is 392 g/mol. The van der Waals surface area contributed by atoms with Crippen LogP contribution in [-0.4, -0.2) is 28.2 Å². The summed E-state index contributed by atoms with van der Waals surface area (Å²) in [6, 6.07) is 5.75. The standard InChI is InChI=1S/C21H27ClN4O3/c1-5-6-11-26-21(22)17(16(4)25-26)9-10-19(27)23-24-20(28)13-29-18-12-14(2)7-8-15(18)3/h7-10,12H,5-6,11,13H2,1-4H3,(H,23,27)(H,24,28)/b10-9+. The van der Waals surface area contributed by atoms with Gasteiger partial charge in [-0.2, -0.15) is 5.10 Å². The molecule has 0 radical (unpaired) electrons. The Morgan fingerprint density at radius 2 is 2.00 bits per heavy atom. The van der Waals surface area contributed by atoms with E-state index in [2.05, 4.69) is 22.9 Å². The van der Waals surface area contributed by atoms with Crippen LogP contribution in [0.3, 0.4) is 0 Å². The van der Waals surface area contributed by atoms with Crippen molar-refractivity contribution in [3.05, 3.63) is 51.8 Å². The number of hydrogen-bond acceptors (Lipinski definition) is 4. The molecule has 1 heterocycles. The first kappa shape index (κ1) is 22.5. The number of rotatable bonds is 8. The molecule has 0 aliphatic heterocycles. The molecule has 8 heteroatoms. The smallest absolute Gasteiger partial charge is 0.276 e. The molecule has 0 saturated heterocycles. The number of benzene rings is 1. The highest BCUT2D eigenvalue weighted by atomic mass is 35.5. The highest BCUT2D eigenvalue weighted by molar-refractivity contribution is 6.31. The van der Waals surface area contributed by atoms with Crippen LogP contribution in [0.25, 0.3) is 6.08 Å². The second kappa shape index (κ2) is 10.7. The van der Waals surface area contributed by atoms with Gasteiger partial charge in [-0.25, -0.2) is 0 Å². The van der Waals surface area contributed by atoms with E-state index in [1.807, 2.05) is 39.0 Å². The van der Waals surface area contributed by atoms with Gasteiger partial charge in [-0.3, -0.25) is 25.1 Å². The number of aromatic nitrogens is 2. The van der Waals surface area contributed by atoms with Crippen LogP contribution in [0.5, 0.6) is 5.75 Å². The first-order valence-electron chi connectivity index (χ1n) is 9.51. The van der Waals surface area contributed by atoms with Crippen molar-refractivity contribution >= 4 is 29.5 Å². The Morgan fingerprint density at radius 3 is 2.72 bits per heavy atom. The molecule has 2 rings (SSSR count). The van der Waals surface area contributed by atoms with Gasteiger partial charge < -0.3 is 4.74 Å². The summed E-state index contributed by atoms with van der Waals surface area (Å²) in [5.74, 6) is -0.312. The lowest BCUT2D eigenvalue weighted by Gasteiger charge is -2.10. The van der Waals surface area contributed by atoms with Crippen molar-refractivity contribution in [3.63, 3.8) is 0 Å². The van der Waals surface area contributed by atoms with Crippen LogP contribution in [-0.2, 0) is 16.1 Å². The van der Waals surface area contributed by atoms with E-state index in [1.165, 1.54) is 6.08 Å². The molecule has 0 bridgehead atoms. The molecule has 0 fully saturated rings. The fourth-order valence-electron chi connectivity index (χ4n) is 2.59. The summed E-state index contributed by atoms with van der Waals surface area (Å²) in [6.07, 6.45) is 4.89. The van der Waals surface area contributed by atoms with Gasteiger partial charge in [0, 0.05) is 18.2 Å². The van der Waals surface area contributed by atoms with Gasteiger partial charge in [0.25, 0.3) is 11.8 Å². The Kier molecular flexibility index (Phi) is 8.27. The van der Waals surface area contributed by atoms with Gasteiger partial charge in [-0.05, 0) is 50.5 Å². The van der Waals surface area contributed by atoms with E-state index < -0.39 is 11.8 Å².